The number of fused-ring (bicyclic) bond motifs is 1. The number of imidazole rings is 1. The van der Waals surface area contributed by atoms with Crippen LogP contribution < -0.4 is 16.8 Å². The first-order chi connectivity index (χ1) is 15.0. The van der Waals surface area contributed by atoms with Gasteiger partial charge in [0.2, 0.25) is 0 Å². The summed E-state index contributed by atoms with van der Waals surface area (Å²) in [6, 6.07) is 18.2. The normalized spacial score (nSPS) is 18.9. The van der Waals surface area contributed by atoms with E-state index in [0.29, 0.717) is 17.8 Å². The van der Waals surface area contributed by atoms with Gasteiger partial charge in [0.25, 0.3) is 0 Å². The van der Waals surface area contributed by atoms with Crippen molar-refractivity contribution in [2.75, 3.05) is 11.1 Å². The molecule has 0 spiro atoms. The summed E-state index contributed by atoms with van der Waals surface area (Å²) in [6.07, 6.45) is 6.21. The summed E-state index contributed by atoms with van der Waals surface area (Å²) in [7, 11) is 0. The second kappa shape index (κ2) is 8.21. The maximum absolute atomic E-state index is 6.12. The van der Waals surface area contributed by atoms with Crippen LogP contribution in [0.3, 0.4) is 0 Å². The fourth-order valence-electron chi connectivity index (χ4n) is 4.29. The van der Waals surface area contributed by atoms with Crippen molar-refractivity contribution >= 4 is 34.4 Å². The second-order valence-electron chi connectivity index (χ2n) is 8.24. The molecule has 0 amide bonds. The van der Waals surface area contributed by atoms with Gasteiger partial charge < -0.3 is 16.8 Å². The molecule has 6 nitrogen and oxygen atoms in total. The Bertz CT molecular complexity index is 1210. The monoisotopic (exact) mass is 432 g/mol. The van der Waals surface area contributed by atoms with Crippen LogP contribution in [0.1, 0.15) is 37.3 Å². The molecule has 1 fully saturated rings. The molecule has 4 aromatic rings. The van der Waals surface area contributed by atoms with E-state index in [1.165, 1.54) is 0 Å². The molecule has 2 aromatic heterocycles. The van der Waals surface area contributed by atoms with Crippen LogP contribution in [0.5, 0.6) is 0 Å². The van der Waals surface area contributed by atoms with Crippen LogP contribution in [0, 0.1) is 0 Å². The number of anilines is 3. The lowest BCUT2D eigenvalue weighted by molar-refractivity contribution is 0.391. The number of nitrogens with two attached hydrogens (primary N) is 2. The molecule has 158 valence electrons. The van der Waals surface area contributed by atoms with Crippen molar-refractivity contribution in [3.63, 3.8) is 0 Å². The first kappa shape index (κ1) is 19.8. The van der Waals surface area contributed by atoms with Crippen molar-refractivity contribution in [2.24, 2.45) is 5.73 Å². The average molecular weight is 433 g/mol. The van der Waals surface area contributed by atoms with E-state index < -0.39 is 0 Å². The molecule has 0 unspecified atom stereocenters. The van der Waals surface area contributed by atoms with Gasteiger partial charge in [-0.1, -0.05) is 35.9 Å². The third-order valence-electron chi connectivity index (χ3n) is 5.97. The summed E-state index contributed by atoms with van der Waals surface area (Å²) >= 11 is 6.12. The molecule has 7 heteroatoms. The van der Waals surface area contributed by atoms with Crippen molar-refractivity contribution in [1.82, 2.24) is 14.6 Å². The maximum Gasteiger partial charge on any atom is 0.177 e. The molecule has 1 aliphatic carbocycles. The van der Waals surface area contributed by atoms with Gasteiger partial charge in [0, 0.05) is 28.7 Å². The van der Waals surface area contributed by atoms with Crippen LogP contribution in [0.25, 0.3) is 16.8 Å². The third-order valence-corrected chi connectivity index (χ3v) is 6.21. The minimum atomic E-state index is 0.314. The Morgan fingerprint density at radius 1 is 0.968 bits per heavy atom. The Kier molecular flexibility index (Phi) is 5.26. The molecule has 1 saturated carbocycles. The number of nitrogens with zero attached hydrogens (tertiary/aromatic N) is 3. The maximum atomic E-state index is 6.12. The van der Waals surface area contributed by atoms with Gasteiger partial charge in [0.1, 0.15) is 5.82 Å². The third kappa shape index (κ3) is 4.22. The molecule has 5 rings (SSSR count). The van der Waals surface area contributed by atoms with Gasteiger partial charge >= 0.3 is 0 Å². The SMILES string of the molecule is Nc1cc(Nc2ccc(-c3cccc(Cl)c3)cc2)c2nc([C@H]3CC[C@H](N)CC3)cn2n1. The van der Waals surface area contributed by atoms with Crippen LogP contribution in [0.2, 0.25) is 5.02 Å². The van der Waals surface area contributed by atoms with E-state index in [1.54, 1.807) is 4.52 Å². The summed E-state index contributed by atoms with van der Waals surface area (Å²) in [5.74, 6) is 0.868. The van der Waals surface area contributed by atoms with E-state index >= 15 is 0 Å². The van der Waals surface area contributed by atoms with E-state index in [-0.39, 0.29) is 0 Å². The number of nitrogen functional groups attached to an aromatic ring is 1. The van der Waals surface area contributed by atoms with Crippen molar-refractivity contribution in [3.05, 3.63) is 71.5 Å². The van der Waals surface area contributed by atoms with Gasteiger partial charge in [-0.05, 0) is 61.1 Å². The topological polar surface area (TPSA) is 94.3 Å². The molecule has 5 N–H and O–H groups in total. The smallest absolute Gasteiger partial charge is 0.177 e. The number of hydrogen-bond donors (Lipinski definition) is 3. The standard InChI is InChI=1S/C24H25ClN6/c25-18-3-1-2-17(12-18)15-6-10-20(11-7-15)28-21-13-23(27)30-31-14-22(29-24(21)31)16-4-8-19(26)9-5-16/h1-3,6-7,10-14,16,19,28H,4-5,8-9,26H2,(H2,27,30)/t16-,19-. The highest BCUT2D eigenvalue weighted by molar-refractivity contribution is 6.30. The number of aromatic nitrogens is 3. The van der Waals surface area contributed by atoms with Crippen LogP contribution in [0.15, 0.2) is 60.8 Å². The van der Waals surface area contributed by atoms with Gasteiger partial charge in [-0.2, -0.15) is 0 Å². The fraction of sp³-hybridized carbons (Fsp3) is 0.250. The molecule has 0 bridgehead atoms. The molecule has 2 heterocycles. The van der Waals surface area contributed by atoms with Gasteiger partial charge in [-0.15, -0.1) is 5.10 Å². The zero-order valence-corrected chi connectivity index (χ0v) is 17.9. The fourth-order valence-corrected chi connectivity index (χ4v) is 4.48. The molecule has 0 aliphatic heterocycles. The number of rotatable bonds is 4. The lowest BCUT2D eigenvalue weighted by atomic mass is 9.85. The summed E-state index contributed by atoms with van der Waals surface area (Å²) < 4.78 is 1.78. The highest BCUT2D eigenvalue weighted by atomic mass is 35.5. The molecule has 2 aromatic carbocycles. The highest BCUT2D eigenvalue weighted by Gasteiger charge is 2.23. The zero-order valence-electron chi connectivity index (χ0n) is 17.1. The second-order valence-corrected chi connectivity index (χ2v) is 8.68. The Balaban J connectivity index is 1.42. The van der Waals surface area contributed by atoms with Gasteiger partial charge in [0.05, 0.1) is 17.6 Å². The largest absolute Gasteiger partial charge is 0.382 e. The predicted octanol–water partition coefficient (Wildman–Crippen LogP) is 5.36. The minimum absolute atomic E-state index is 0.314. The van der Waals surface area contributed by atoms with Crippen molar-refractivity contribution in [3.8, 4) is 11.1 Å². The Morgan fingerprint density at radius 2 is 1.74 bits per heavy atom. The Labute approximate surface area is 186 Å². The Morgan fingerprint density at radius 3 is 2.48 bits per heavy atom. The minimum Gasteiger partial charge on any atom is -0.382 e. The summed E-state index contributed by atoms with van der Waals surface area (Å²) in [6.45, 7) is 0. The Hall–Kier alpha value is -3.09. The predicted molar refractivity (Wildman–Crippen MR) is 127 cm³/mol. The molecular weight excluding hydrogens is 408 g/mol. The van der Waals surface area contributed by atoms with Crippen molar-refractivity contribution in [1.29, 1.82) is 0 Å². The quantitative estimate of drug-likeness (QED) is 0.403. The van der Waals surface area contributed by atoms with Crippen LogP contribution in [-0.4, -0.2) is 20.6 Å². The van der Waals surface area contributed by atoms with Crippen LogP contribution in [0.4, 0.5) is 17.2 Å². The van der Waals surface area contributed by atoms with E-state index in [2.05, 4.69) is 22.5 Å². The molecule has 0 saturated heterocycles. The number of benzene rings is 2. The van der Waals surface area contributed by atoms with Crippen LogP contribution >= 0.6 is 11.6 Å². The summed E-state index contributed by atoms with van der Waals surface area (Å²) in [5.41, 5.74) is 17.9. The van der Waals surface area contributed by atoms with Crippen LogP contribution in [-0.2, 0) is 0 Å². The number of halogens is 1. The summed E-state index contributed by atoms with van der Waals surface area (Å²) in [5, 5.41) is 8.60. The van der Waals surface area contributed by atoms with E-state index in [0.717, 1.165) is 64.5 Å². The van der Waals surface area contributed by atoms with Crippen molar-refractivity contribution < 1.29 is 0 Å². The lowest BCUT2D eigenvalue weighted by Gasteiger charge is -2.24. The lowest BCUT2D eigenvalue weighted by Crippen LogP contribution is -2.25. The first-order valence-corrected chi connectivity index (χ1v) is 11.0. The molecule has 0 atom stereocenters. The molecule has 31 heavy (non-hydrogen) atoms. The highest BCUT2D eigenvalue weighted by Crippen LogP contribution is 2.33. The van der Waals surface area contributed by atoms with E-state index in [1.807, 2.05) is 48.7 Å². The average Bonchev–Trinajstić information content (AvgIpc) is 3.19. The molecule has 0 radical (unpaired) electrons. The molecule has 1 aliphatic rings. The van der Waals surface area contributed by atoms with E-state index in [9.17, 15) is 0 Å². The first-order valence-electron chi connectivity index (χ1n) is 10.6. The summed E-state index contributed by atoms with van der Waals surface area (Å²) in [4.78, 5) is 4.90. The van der Waals surface area contributed by atoms with Gasteiger partial charge in [0.15, 0.2) is 5.65 Å². The van der Waals surface area contributed by atoms with Crippen molar-refractivity contribution in [2.45, 2.75) is 37.6 Å². The molecular formula is C24H25ClN6. The van der Waals surface area contributed by atoms with Gasteiger partial charge in [-0.3, -0.25) is 0 Å². The van der Waals surface area contributed by atoms with E-state index in [4.69, 9.17) is 28.1 Å². The zero-order chi connectivity index (χ0) is 21.4. The number of hydrogen-bond acceptors (Lipinski definition) is 5. The van der Waals surface area contributed by atoms with Gasteiger partial charge in [-0.25, -0.2) is 9.50 Å². The number of nitrogens with one attached hydrogen (secondary N) is 1.